The average Bonchev–Trinajstić information content (AvgIpc) is 3.26. The number of amides is 2. The number of alkyl halides is 3. The van der Waals surface area contributed by atoms with Gasteiger partial charge in [-0.15, -0.1) is 0 Å². The second-order valence-corrected chi connectivity index (χ2v) is 8.48. The molecule has 4 rings (SSSR count). The minimum Gasteiger partial charge on any atom is -0.338 e. The smallest absolute Gasteiger partial charge is 0.338 e. The van der Waals surface area contributed by atoms with Gasteiger partial charge in [0.1, 0.15) is 0 Å². The lowest BCUT2D eigenvalue weighted by atomic mass is 10.1. The van der Waals surface area contributed by atoms with E-state index >= 15 is 0 Å². The normalized spacial score (nSPS) is 19.6. The predicted octanol–water partition coefficient (Wildman–Crippen LogP) is 4.31. The lowest BCUT2D eigenvalue weighted by Crippen LogP contribution is -2.38. The lowest BCUT2D eigenvalue weighted by molar-refractivity contribution is -0.138. The highest BCUT2D eigenvalue weighted by molar-refractivity contribution is 7.07. The first-order valence-corrected chi connectivity index (χ1v) is 10.5. The molecular weight excluding hydrogens is 401 g/mol. The molecule has 0 radical (unpaired) electrons. The van der Waals surface area contributed by atoms with E-state index in [0.717, 1.165) is 30.5 Å². The number of rotatable bonds is 6. The fraction of sp³-hybridized carbons (Fsp3) is 0.429. The third-order valence-electron chi connectivity index (χ3n) is 5.40. The van der Waals surface area contributed by atoms with E-state index in [4.69, 9.17) is 0 Å². The number of nitrogens with zero attached hydrogens (tertiary/aromatic N) is 2. The van der Waals surface area contributed by atoms with Crippen molar-refractivity contribution in [2.24, 2.45) is 5.92 Å². The van der Waals surface area contributed by atoms with Crippen LogP contribution in [-0.2, 0) is 28.9 Å². The van der Waals surface area contributed by atoms with Gasteiger partial charge in [0.05, 0.1) is 11.5 Å². The maximum absolute atomic E-state index is 13.1. The van der Waals surface area contributed by atoms with Gasteiger partial charge in [-0.1, -0.05) is 12.1 Å². The van der Waals surface area contributed by atoms with Crippen molar-refractivity contribution in [1.82, 2.24) is 9.80 Å². The largest absolute Gasteiger partial charge is 0.416 e. The van der Waals surface area contributed by atoms with E-state index in [-0.39, 0.29) is 37.4 Å². The first kappa shape index (κ1) is 19.9. The van der Waals surface area contributed by atoms with Crippen molar-refractivity contribution >= 4 is 23.2 Å². The minimum atomic E-state index is -4.42. The van der Waals surface area contributed by atoms with Crippen molar-refractivity contribution in [3.05, 3.63) is 57.8 Å². The molecule has 2 amide bonds. The average molecular weight is 422 g/mol. The van der Waals surface area contributed by atoms with Crippen molar-refractivity contribution in [2.45, 2.75) is 44.6 Å². The summed E-state index contributed by atoms with van der Waals surface area (Å²) in [4.78, 5) is 28.9. The first-order chi connectivity index (χ1) is 13.8. The van der Waals surface area contributed by atoms with E-state index in [9.17, 15) is 22.8 Å². The maximum atomic E-state index is 13.1. The second-order valence-electron chi connectivity index (χ2n) is 7.70. The van der Waals surface area contributed by atoms with Crippen LogP contribution in [0.3, 0.4) is 0 Å². The number of hydrogen-bond donors (Lipinski definition) is 0. The van der Waals surface area contributed by atoms with Gasteiger partial charge in [0.25, 0.3) is 0 Å². The summed E-state index contributed by atoms with van der Waals surface area (Å²) in [5.41, 5.74) is 0.768. The number of hydrogen-bond acceptors (Lipinski definition) is 3. The van der Waals surface area contributed by atoms with Crippen molar-refractivity contribution in [3.63, 3.8) is 0 Å². The first-order valence-electron chi connectivity index (χ1n) is 9.57. The summed E-state index contributed by atoms with van der Waals surface area (Å²) < 4.78 is 38.8. The minimum absolute atomic E-state index is 0.0291. The van der Waals surface area contributed by atoms with Crippen molar-refractivity contribution < 1.29 is 22.8 Å². The van der Waals surface area contributed by atoms with Gasteiger partial charge in [0, 0.05) is 32.1 Å². The Morgan fingerprint density at radius 3 is 2.66 bits per heavy atom. The van der Waals surface area contributed by atoms with Crippen molar-refractivity contribution in [3.8, 4) is 0 Å². The van der Waals surface area contributed by atoms with Gasteiger partial charge in [0.15, 0.2) is 0 Å². The summed E-state index contributed by atoms with van der Waals surface area (Å²) in [6.07, 6.45) is -2.35. The van der Waals surface area contributed by atoms with Gasteiger partial charge in [-0.05, 0) is 52.9 Å². The molecule has 1 aliphatic carbocycles. The van der Waals surface area contributed by atoms with Crippen LogP contribution in [0.4, 0.5) is 13.2 Å². The number of carbonyl (C=O) groups is 2. The molecular formula is C21H21F3N2O2S. The Morgan fingerprint density at radius 2 is 2.00 bits per heavy atom. The zero-order chi connectivity index (χ0) is 20.6. The molecule has 2 aliphatic rings. The Morgan fingerprint density at radius 1 is 1.21 bits per heavy atom. The van der Waals surface area contributed by atoms with E-state index < -0.39 is 17.7 Å². The Labute approximate surface area is 170 Å². The SMILES string of the molecule is O=C1CC(C(=O)N(Cc2ccsc2)C2CC2)CN1Cc1cccc(C(F)(F)F)c1. The van der Waals surface area contributed by atoms with E-state index in [2.05, 4.69) is 0 Å². The summed E-state index contributed by atoms with van der Waals surface area (Å²) in [6, 6.07) is 7.22. The molecule has 0 bridgehead atoms. The Hall–Kier alpha value is -2.35. The van der Waals surface area contributed by atoms with Crippen LogP contribution in [0.2, 0.25) is 0 Å². The van der Waals surface area contributed by atoms with Crippen LogP contribution in [-0.4, -0.2) is 34.2 Å². The summed E-state index contributed by atoms with van der Waals surface area (Å²) in [5.74, 6) is -0.654. The van der Waals surface area contributed by atoms with E-state index in [1.165, 1.54) is 11.0 Å². The van der Waals surface area contributed by atoms with Crippen LogP contribution in [0, 0.1) is 5.92 Å². The highest BCUT2D eigenvalue weighted by atomic mass is 32.1. The molecule has 1 aliphatic heterocycles. The topological polar surface area (TPSA) is 40.6 Å². The van der Waals surface area contributed by atoms with Gasteiger partial charge in [-0.3, -0.25) is 9.59 Å². The monoisotopic (exact) mass is 422 g/mol. The van der Waals surface area contributed by atoms with Crippen LogP contribution in [0.25, 0.3) is 0 Å². The summed E-state index contributed by atoms with van der Waals surface area (Å²) in [5, 5.41) is 3.99. The maximum Gasteiger partial charge on any atom is 0.416 e. The summed E-state index contributed by atoms with van der Waals surface area (Å²) >= 11 is 1.58. The number of likely N-dealkylation sites (tertiary alicyclic amines) is 1. The highest BCUT2D eigenvalue weighted by Gasteiger charge is 2.41. The molecule has 29 heavy (non-hydrogen) atoms. The van der Waals surface area contributed by atoms with Crippen molar-refractivity contribution in [2.75, 3.05) is 6.54 Å². The molecule has 1 unspecified atom stereocenters. The number of carbonyl (C=O) groups excluding carboxylic acids is 2. The predicted molar refractivity (Wildman–Crippen MR) is 103 cm³/mol. The molecule has 1 saturated carbocycles. The zero-order valence-corrected chi connectivity index (χ0v) is 16.5. The fourth-order valence-electron chi connectivity index (χ4n) is 3.74. The zero-order valence-electron chi connectivity index (χ0n) is 15.7. The van der Waals surface area contributed by atoms with E-state index in [0.29, 0.717) is 12.1 Å². The molecule has 2 aromatic rings. The standard InChI is InChI=1S/C21H21F3N2O2S/c22-21(23,24)17-3-1-2-14(8-17)10-25-12-16(9-19(25)27)20(28)26(18-4-5-18)11-15-6-7-29-13-15/h1-3,6-8,13,16,18H,4-5,9-12H2. The molecule has 0 spiro atoms. The van der Waals surface area contributed by atoms with Crippen molar-refractivity contribution in [1.29, 1.82) is 0 Å². The number of benzene rings is 1. The number of halogens is 3. The van der Waals surface area contributed by atoms with Gasteiger partial charge in [0.2, 0.25) is 11.8 Å². The van der Waals surface area contributed by atoms with E-state index in [1.807, 2.05) is 21.7 Å². The fourth-order valence-corrected chi connectivity index (χ4v) is 4.40. The molecule has 1 aromatic carbocycles. The second kappa shape index (κ2) is 7.82. The van der Waals surface area contributed by atoms with Gasteiger partial charge < -0.3 is 9.80 Å². The molecule has 0 N–H and O–H groups in total. The summed E-state index contributed by atoms with van der Waals surface area (Å²) in [7, 11) is 0. The quantitative estimate of drug-likeness (QED) is 0.696. The molecule has 2 fully saturated rings. The van der Waals surface area contributed by atoms with Crippen LogP contribution >= 0.6 is 11.3 Å². The molecule has 154 valence electrons. The Bertz CT molecular complexity index is 894. The van der Waals surface area contributed by atoms with Crippen LogP contribution in [0.5, 0.6) is 0 Å². The molecule has 2 heterocycles. The molecule has 1 saturated heterocycles. The van der Waals surface area contributed by atoms with Gasteiger partial charge in [-0.2, -0.15) is 24.5 Å². The van der Waals surface area contributed by atoms with Crippen LogP contribution in [0.15, 0.2) is 41.1 Å². The Kier molecular flexibility index (Phi) is 5.38. The molecule has 1 atom stereocenters. The van der Waals surface area contributed by atoms with Gasteiger partial charge in [-0.25, -0.2) is 0 Å². The van der Waals surface area contributed by atoms with Gasteiger partial charge >= 0.3 is 6.18 Å². The van der Waals surface area contributed by atoms with E-state index in [1.54, 1.807) is 17.4 Å². The summed E-state index contributed by atoms with van der Waals surface area (Å²) in [6.45, 7) is 0.882. The lowest BCUT2D eigenvalue weighted by Gasteiger charge is -2.25. The third-order valence-corrected chi connectivity index (χ3v) is 6.13. The highest BCUT2D eigenvalue weighted by Crippen LogP contribution is 2.33. The number of thiophene rings is 1. The molecule has 8 heteroatoms. The molecule has 4 nitrogen and oxygen atoms in total. The Balaban J connectivity index is 1.42. The van der Waals surface area contributed by atoms with Crippen LogP contribution in [0.1, 0.15) is 36.0 Å². The third kappa shape index (κ3) is 4.63. The van der Waals surface area contributed by atoms with Crippen LogP contribution < -0.4 is 0 Å². The molecule has 1 aromatic heterocycles.